The number of rotatable bonds is 13. The number of hydrogen-bond acceptors (Lipinski definition) is 7. The first-order valence-corrected chi connectivity index (χ1v) is 19.4. The van der Waals surface area contributed by atoms with E-state index in [0.29, 0.717) is 51.6 Å². The molecule has 2 saturated heterocycles. The number of nitrogens with zero attached hydrogens (tertiary/aromatic N) is 4. The normalized spacial score (nSPS) is 19.9. The first-order chi connectivity index (χ1) is 25.0. The zero-order valence-corrected chi connectivity index (χ0v) is 31.9. The molecule has 1 aromatic heterocycles. The summed E-state index contributed by atoms with van der Waals surface area (Å²) in [4.78, 5) is 46.8. The summed E-state index contributed by atoms with van der Waals surface area (Å²) >= 11 is 0. The number of piperidine rings is 2. The number of carbonyl (C=O) groups excluding carboxylic acids is 3. The van der Waals surface area contributed by atoms with Crippen LogP contribution in [0.1, 0.15) is 89.7 Å². The summed E-state index contributed by atoms with van der Waals surface area (Å²) in [6.07, 6.45) is 7.80. The number of aryl methyl sites for hydroxylation is 1. The molecule has 1 aliphatic carbocycles. The molecule has 0 unspecified atom stereocenters. The van der Waals surface area contributed by atoms with Gasteiger partial charge in [-0.05, 0) is 107 Å². The van der Waals surface area contributed by atoms with Crippen molar-refractivity contribution >= 4 is 34.6 Å². The van der Waals surface area contributed by atoms with E-state index >= 15 is 4.79 Å². The highest BCUT2D eigenvalue weighted by atomic mass is 16.6. The van der Waals surface area contributed by atoms with Crippen LogP contribution in [-0.4, -0.2) is 90.5 Å². The number of carbonyl (C=O) groups is 3. The van der Waals surface area contributed by atoms with Crippen molar-refractivity contribution in [2.24, 2.45) is 11.8 Å². The van der Waals surface area contributed by atoms with Gasteiger partial charge in [0.1, 0.15) is 5.60 Å². The molecule has 0 radical (unpaired) electrons. The van der Waals surface area contributed by atoms with Gasteiger partial charge in [-0.25, -0.2) is 4.79 Å². The van der Waals surface area contributed by atoms with Crippen molar-refractivity contribution in [3.8, 4) is 0 Å². The van der Waals surface area contributed by atoms with E-state index in [-0.39, 0.29) is 29.9 Å². The van der Waals surface area contributed by atoms with Crippen LogP contribution in [0, 0.1) is 11.8 Å². The maximum absolute atomic E-state index is 15.0. The molecule has 0 spiro atoms. The summed E-state index contributed by atoms with van der Waals surface area (Å²) in [7, 11) is 1.73. The summed E-state index contributed by atoms with van der Waals surface area (Å²) in [6, 6.07) is 17.3. The molecule has 2 amide bonds. The second-order valence-corrected chi connectivity index (χ2v) is 15.9. The zero-order chi connectivity index (χ0) is 36.8. The highest BCUT2D eigenvalue weighted by Crippen LogP contribution is 2.40. The average molecular weight is 715 g/mol. The van der Waals surface area contributed by atoms with E-state index in [9.17, 15) is 9.59 Å². The number of ether oxygens (including phenoxy) is 3. The number of aromatic nitrogens is 1. The van der Waals surface area contributed by atoms with Crippen molar-refractivity contribution in [2.75, 3.05) is 51.4 Å². The van der Waals surface area contributed by atoms with E-state index < -0.39 is 11.5 Å². The monoisotopic (exact) mass is 714 g/mol. The smallest absolute Gasteiger partial charge is 0.410 e. The number of esters is 1. The summed E-state index contributed by atoms with van der Waals surface area (Å²) in [5.41, 5.74) is 3.98. The van der Waals surface area contributed by atoms with Crippen LogP contribution in [0.2, 0.25) is 0 Å². The van der Waals surface area contributed by atoms with Gasteiger partial charge >= 0.3 is 12.1 Å². The largest absolute Gasteiger partial charge is 0.466 e. The minimum absolute atomic E-state index is 0.0378. The van der Waals surface area contributed by atoms with E-state index in [1.165, 1.54) is 10.9 Å². The van der Waals surface area contributed by atoms with E-state index in [2.05, 4.69) is 69.1 Å². The number of benzene rings is 2. The molecule has 3 aliphatic rings. The quantitative estimate of drug-likeness (QED) is 0.135. The van der Waals surface area contributed by atoms with Crippen molar-refractivity contribution in [1.29, 1.82) is 0 Å². The molecule has 3 fully saturated rings. The Kier molecular flexibility index (Phi) is 12.1. The number of fused-ring (bicyclic) bond motifs is 1. The second kappa shape index (κ2) is 16.7. The number of methoxy groups -OCH3 is 1. The Balaban J connectivity index is 1.25. The first kappa shape index (κ1) is 37.7. The molecule has 1 saturated carbocycles. The van der Waals surface area contributed by atoms with E-state index in [0.717, 1.165) is 68.6 Å². The van der Waals surface area contributed by atoms with Crippen LogP contribution in [0.25, 0.3) is 10.9 Å². The maximum atomic E-state index is 15.0. The lowest BCUT2D eigenvalue weighted by Crippen LogP contribution is -2.51. The molecule has 10 nitrogen and oxygen atoms in total. The highest BCUT2D eigenvalue weighted by Gasteiger charge is 2.43. The Morgan fingerprint density at radius 1 is 0.942 bits per heavy atom. The van der Waals surface area contributed by atoms with Crippen molar-refractivity contribution in [2.45, 2.75) is 103 Å². The number of hydrogen-bond donors (Lipinski definition) is 0. The van der Waals surface area contributed by atoms with Crippen LogP contribution in [0.5, 0.6) is 0 Å². The Labute approximate surface area is 309 Å². The van der Waals surface area contributed by atoms with Gasteiger partial charge in [-0.3, -0.25) is 9.59 Å². The van der Waals surface area contributed by atoms with E-state index in [4.69, 9.17) is 14.2 Å². The van der Waals surface area contributed by atoms with Crippen molar-refractivity contribution in [3.63, 3.8) is 0 Å². The Morgan fingerprint density at radius 3 is 2.42 bits per heavy atom. The van der Waals surface area contributed by atoms with Gasteiger partial charge in [-0.2, -0.15) is 0 Å². The van der Waals surface area contributed by atoms with Crippen molar-refractivity contribution in [1.82, 2.24) is 14.4 Å². The summed E-state index contributed by atoms with van der Waals surface area (Å²) in [6.45, 7) is 12.6. The molecule has 0 N–H and O–H groups in total. The van der Waals surface area contributed by atoms with Crippen LogP contribution >= 0.6 is 0 Å². The van der Waals surface area contributed by atoms with Gasteiger partial charge in [0, 0.05) is 88.2 Å². The second-order valence-electron chi connectivity index (χ2n) is 15.9. The molecule has 10 heteroatoms. The van der Waals surface area contributed by atoms with Crippen LogP contribution in [-0.2, 0) is 36.9 Å². The molecule has 2 aromatic carbocycles. The van der Waals surface area contributed by atoms with Gasteiger partial charge in [0.05, 0.1) is 12.5 Å². The molecular weight excluding hydrogens is 656 g/mol. The van der Waals surface area contributed by atoms with E-state index in [1.54, 1.807) is 12.0 Å². The number of likely N-dealkylation sites (tertiary alicyclic amines) is 1. The molecule has 3 heterocycles. The Morgan fingerprint density at radius 2 is 1.71 bits per heavy atom. The summed E-state index contributed by atoms with van der Waals surface area (Å²) < 4.78 is 18.6. The third-order valence-corrected chi connectivity index (χ3v) is 10.9. The van der Waals surface area contributed by atoms with Gasteiger partial charge in [0.25, 0.3) is 0 Å². The van der Waals surface area contributed by atoms with Gasteiger partial charge in [0.2, 0.25) is 5.91 Å². The van der Waals surface area contributed by atoms with Crippen LogP contribution < -0.4 is 4.90 Å². The van der Waals surface area contributed by atoms with Gasteiger partial charge in [-0.15, -0.1) is 0 Å². The standard InChI is InChI=1S/C42H58N4O6/c1-6-51-39(47)25-30-17-21-43(22-18-30)34-12-9-11-31(26-34)35-19-23-45(41(49)52-42(2,3)4)29-37(35)40(48)46(33-15-16-33)28-32-27-44(20-10-24-50-5)38-14-8-7-13-36(32)38/h7-9,11-14,26-27,30,33,35,37H,6,10,15-25,28-29H2,1-5H3/t35-,37+/m1/s1. The lowest BCUT2D eigenvalue weighted by atomic mass is 9.79. The predicted octanol–water partition coefficient (Wildman–Crippen LogP) is 7.38. The minimum Gasteiger partial charge on any atom is -0.466 e. The topological polar surface area (TPSA) is 93.5 Å². The number of amides is 2. The fourth-order valence-corrected chi connectivity index (χ4v) is 8.08. The minimum atomic E-state index is -0.622. The SMILES string of the molecule is CCOC(=O)CC1CCN(c2cccc([C@H]3CCN(C(=O)OC(C)(C)C)C[C@@H]3C(=O)N(Cc3cn(CCCOC)c4ccccc34)C3CC3)c2)CC1. The van der Waals surface area contributed by atoms with Gasteiger partial charge in [0.15, 0.2) is 0 Å². The average Bonchev–Trinajstić information content (AvgIpc) is 3.92. The molecule has 3 aromatic rings. The van der Waals surface area contributed by atoms with Crippen LogP contribution in [0.4, 0.5) is 10.5 Å². The van der Waals surface area contributed by atoms with E-state index in [1.807, 2.05) is 27.7 Å². The maximum Gasteiger partial charge on any atom is 0.410 e. The Hall–Kier alpha value is -4.05. The van der Waals surface area contributed by atoms with Crippen LogP contribution in [0.3, 0.4) is 0 Å². The molecular formula is C42H58N4O6. The number of para-hydroxylation sites is 1. The van der Waals surface area contributed by atoms with Crippen molar-refractivity contribution < 1.29 is 28.6 Å². The van der Waals surface area contributed by atoms with Gasteiger partial charge < -0.3 is 33.5 Å². The highest BCUT2D eigenvalue weighted by molar-refractivity contribution is 5.86. The fraction of sp³-hybridized carbons (Fsp3) is 0.595. The lowest BCUT2D eigenvalue weighted by molar-refractivity contribution is -0.144. The molecule has 52 heavy (non-hydrogen) atoms. The van der Waals surface area contributed by atoms with Crippen LogP contribution in [0.15, 0.2) is 54.7 Å². The molecule has 0 bridgehead atoms. The Bertz CT molecular complexity index is 1680. The summed E-state index contributed by atoms with van der Waals surface area (Å²) in [5.74, 6) is -0.0938. The molecule has 6 rings (SSSR count). The molecule has 2 atom stereocenters. The summed E-state index contributed by atoms with van der Waals surface area (Å²) in [5, 5.41) is 1.17. The lowest BCUT2D eigenvalue weighted by Gasteiger charge is -2.41. The van der Waals surface area contributed by atoms with Crippen molar-refractivity contribution in [3.05, 3.63) is 65.9 Å². The van der Waals surface area contributed by atoms with Gasteiger partial charge in [-0.1, -0.05) is 30.3 Å². The third-order valence-electron chi connectivity index (χ3n) is 10.9. The molecule has 2 aliphatic heterocycles. The first-order valence-electron chi connectivity index (χ1n) is 19.4. The third kappa shape index (κ3) is 9.29. The molecule has 282 valence electrons. The predicted molar refractivity (Wildman–Crippen MR) is 203 cm³/mol. The zero-order valence-electron chi connectivity index (χ0n) is 31.9. The fourth-order valence-electron chi connectivity index (χ4n) is 8.08. The number of anilines is 1.